The molecular weight excluding hydrogens is 809 g/mol. The Morgan fingerprint density at radius 3 is 2.26 bits per heavy atom. The second kappa shape index (κ2) is 17.1. The van der Waals surface area contributed by atoms with Crippen LogP contribution in [0.25, 0.3) is 0 Å². The first-order chi connectivity index (χ1) is 26.5. The molecule has 0 aromatic carbocycles. The minimum absolute atomic E-state index is 0.0562. The van der Waals surface area contributed by atoms with Crippen LogP contribution in [-0.4, -0.2) is 112 Å². The number of likely N-dealkylation sites (tertiary alicyclic amines) is 1. The lowest BCUT2D eigenvalue weighted by atomic mass is 9.89. The van der Waals surface area contributed by atoms with Crippen molar-refractivity contribution in [1.29, 1.82) is 0 Å². The summed E-state index contributed by atoms with van der Waals surface area (Å²) in [7, 11) is -9.58. The molecule has 2 amide bonds. The Kier molecular flexibility index (Phi) is 14.0. The van der Waals surface area contributed by atoms with E-state index < -0.39 is 91.9 Å². The number of carboxylic acids is 1. The van der Waals surface area contributed by atoms with Crippen LogP contribution in [-0.2, 0) is 48.8 Å². The highest BCUT2D eigenvalue weighted by Gasteiger charge is 2.67. The van der Waals surface area contributed by atoms with Gasteiger partial charge in [0.15, 0.2) is 28.5 Å². The van der Waals surface area contributed by atoms with Crippen molar-refractivity contribution in [3.05, 3.63) is 43.7 Å². The Morgan fingerprint density at radius 1 is 1.09 bits per heavy atom. The summed E-state index contributed by atoms with van der Waals surface area (Å²) in [6, 6.07) is -1.84. The molecule has 0 radical (unpaired) electrons. The summed E-state index contributed by atoms with van der Waals surface area (Å²) in [5.41, 5.74) is 9.35. The number of aromatic nitrogens is 2. The lowest BCUT2D eigenvalue weighted by Crippen LogP contribution is -2.59. The van der Waals surface area contributed by atoms with Crippen LogP contribution in [0.5, 0.6) is 0 Å². The molecule has 1 aromatic heterocycles. The number of nitrogens with two attached hydrogens (primary N) is 2. The van der Waals surface area contributed by atoms with Gasteiger partial charge < -0.3 is 40.4 Å². The summed E-state index contributed by atoms with van der Waals surface area (Å²) < 4.78 is 54.7. The van der Waals surface area contributed by atoms with E-state index in [9.17, 15) is 32.4 Å². The van der Waals surface area contributed by atoms with Crippen LogP contribution in [0.4, 0.5) is 0 Å². The van der Waals surface area contributed by atoms with Gasteiger partial charge in [0.1, 0.15) is 18.2 Å². The van der Waals surface area contributed by atoms with Gasteiger partial charge in [0, 0.05) is 37.8 Å². The molecule has 0 bridgehead atoms. The third-order valence-electron chi connectivity index (χ3n) is 12.4. The molecule has 21 heteroatoms. The molecule has 2 fully saturated rings. The molecule has 2 saturated heterocycles. The van der Waals surface area contributed by atoms with Crippen LogP contribution in [0, 0.1) is 6.92 Å². The second-order valence-electron chi connectivity index (χ2n) is 18.7. The molecule has 1 aromatic rings. The van der Waals surface area contributed by atoms with E-state index in [4.69, 9.17) is 34.3 Å². The third-order valence-corrected chi connectivity index (χ3v) is 22.4. The third kappa shape index (κ3) is 9.71. The minimum atomic E-state index is -4.31. The van der Waals surface area contributed by atoms with Gasteiger partial charge in [0.2, 0.25) is 11.8 Å². The summed E-state index contributed by atoms with van der Waals surface area (Å²) >= 11 is 0. The predicted octanol–water partition coefficient (Wildman–Crippen LogP) is 2.22. The molecule has 4 heterocycles. The lowest BCUT2D eigenvalue weighted by Gasteiger charge is -2.43. The fourth-order valence-corrected chi connectivity index (χ4v) is 10.3. The second-order valence-corrected chi connectivity index (χ2v) is 29.6. The summed E-state index contributed by atoms with van der Waals surface area (Å²) in [5.74, 6) is -2.00. The number of nitrogens with zero attached hydrogens (tertiary/aromatic N) is 3. The number of hydrogen-bond donors (Lipinski definition) is 4. The van der Waals surface area contributed by atoms with Gasteiger partial charge in [0.25, 0.3) is 15.7 Å². The molecule has 4 rings (SSSR count). The van der Waals surface area contributed by atoms with E-state index in [0.29, 0.717) is 19.4 Å². The standard InChI is InChI=1S/C37H64N6O12SSi2/c1-23-20-43(34(49)42(31(23)47)19-13-17-40-30(46)25-14-12-18-41(25)32(48)24(38)15-16-28(44)45)33-29(54-58(10,11)36(5,6)7)37(26(39)22-56(50,51)55-37)27(53-33)21-52-57(8,9)35(2,3)4/h20,22,24-25,27,29,33H,12-19,21,38-39H2,1-11H3,(H,40,46)(H,44,45)/t24-,25-,27?,29?,33?,37?/m0/s1. The molecule has 18 nitrogen and oxygen atoms in total. The highest BCUT2D eigenvalue weighted by atomic mass is 32.2. The molecule has 58 heavy (non-hydrogen) atoms. The van der Waals surface area contributed by atoms with Gasteiger partial charge >= 0.3 is 11.7 Å². The molecular formula is C37H64N6O12SSi2. The van der Waals surface area contributed by atoms with Crippen LogP contribution >= 0.6 is 0 Å². The average Bonchev–Trinajstić information content (AvgIpc) is 3.76. The minimum Gasteiger partial charge on any atom is -0.481 e. The number of ether oxygens (including phenoxy) is 1. The highest BCUT2D eigenvalue weighted by molar-refractivity contribution is 7.90. The quantitative estimate of drug-likeness (QED) is 0.112. The van der Waals surface area contributed by atoms with Gasteiger partial charge in [-0.1, -0.05) is 41.5 Å². The summed E-state index contributed by atoms with van der Waals surface area (Å²) in [5, 5.41) is 12.0. The lowest BCUT2D eigenvalue weighted by molar-refractivity contribution is -0.140. The summed E-state index contributed by atoms with van der Waals surface area (Å²) in [6.07, 6.45) is -1.58. The molecule has 3 aliphatic heterocycles. The molecule has 6 N–H and O–H groups in total. The van der Waals surface area contributed by atoms with Gasteiger partial charge in [-0.3, -0.25) is 28.3 Å². The normalized spacial score (nSPS) is 25.6. The van der Waals surface area contributed by atoms with Gasteiger partial charge in [-0.15, -0.1) is 0 Å². The van der Waals surface area contributed by atoms with Crippen molar-refractivity contribution in [1.82, 2.24) is 19.4 Å². The number of carboxylic acid groups (broad SMARTS) is 1. The fraction of sp³-hybridized carbons (Fsp3) is 0.757. The van der Waals surface area contributed by atoms with Crippen molar-refractivity contribution in [2.45, 2.75) is 160 Å². The maximum absolute atomic E-state index is 14.4. The molecule has 6 atom stereocenters. The number of amides is 2. The van der Waals surface area contributed by atoms with Crippen molar-refractivity contribution in [2.75, 3.05) is 19.7 Å². The zero-order valence-corrected chi connectivity index (χ0v) is 38.6. The Balaban J connectivity index is 1.66. The molecule has 0 saturated carbocycles. The van der Waals surface area contributed by atoms with Gasteiger partial charge in [0.05, 0.1) is 23.8 Å². The monoisotopic (exact) mass is 872 g/mol. The van der Waals surface area contributed by atoms with Gasteiger partial charge in [-0.25, -0.2) is 8.98 Å². The topological polar surface area (TPSA) is 254 Å². The largest absolute Gasteiger partial charge is 0.481 e. The van der Waals surface area contributed by atoms with E-state index in [1.165, 1.54) is 15.7 Å². The average molecular weight is 873 g/mol. The number of aryl methyl sites for hydroxylation is 1. The molecule has 328 valence electrons. The van der Waals surface area contributed by atoms with Crippen LogP contribution in [0.1, 0.15) is 85.4 Å². The van der Waals surface area contributed by atoms with E-state index >= 15 is 0 Å². The van der Waals surface area contributed by atoms with E-state index in [2.05, 4.69) is 26.1 Å². The number of rotatable bonds is 15. The van der Waals surface area contributed by atoms with Crippen molar-refractivity contribution in [2.24, 2.45) is 11.5 Å². The first-order valence-corrected chi connectivity index (χ1v) is 27.0. The van der Waals surface area contributed by atoms with E-state index in [0.717, 1.165) is 9.98 Å². The van der Waals surface area contributed by atoms with Crippen LogP contribution in [0.2, 0.25) is 36.3 Å². The van der Waals surface area contributed by atoms with Crippen molar-refractivity contribution >= 4 is 44.5 Å². The number of hydrogen-bond acceptors (Lipinski definition) is 13. The Bertz CT molecular complexity index is 2000. The first kappa shape index (κ1) is 47.5. The first-order valence-electron chi connectivity index (χ1n) is 19.8. The maximum atomic E-state index is 14.4. The van der Waals surface area contributed by atoms with Crippen LogP contribution in [0.3, 0.4) is 0 Å². The summed E-state index contributed by atoms with van der Waals surface area (Å²) in [6.45, 7) is 21.9. The fourth-order valence-electron chi connectivity index (χ4n) is 6.84. The highest BCUT2D eigenvalue weighted by Crippen LogP contribution is 2.52. The molecule has 4 unspecified atom stereocenters. The predicted molar refractivity (Wildman–Crippen MR) is 221 cm³/mol. The van der Waals surface area contributed by atoms with Gasteiger partial charge in [-0.05, 0) is 68.9 Å². The maximum Gasteiger partial charge on any atom is 0.333 e. The van der Waals surface area contributed by atoms with Crippen molar-refractivity contribution < 1.29 is 45.7 Å². The summed E-state index contributed by atoms with van der Waals surface area (Å²) in [4.78, 5) is 66.4. The molecule has 3 aliphatic rings. The Morgan fingerprint density at radius 2 is 1.71 bits per heavy atom. The van der Waals surface area contributed by atoms with Crippen molar-refractivity contribution in [3.63, 3.8) is 0 Å². The number of carbonyl (C=O) groups is 3. The number of nitrogens with one attached hydrogen (secondary N) is 1. The SMILES string of the molecule is Cc1cn(C2OC(CO[Si](C)(C)C(C)(C)C)C3(OS(=O)(=O)C=C3N)C2O[Si](C)(C)C(C)(C)C)c(=O)n(CCCNC(=O)[C@@H]2CCCN2C(=O)[C@@H](N)CCC(=O)O)c1=O. The van der Waals surface area contributed by atoms with Crippen molar-refractivity contribution in [3.8, 4) is 0 Å². The number of carbonyl (C=O) groups excluding carboxylic acids is 2. The Labute approximate surface area is 343 Å². The molecule has 0 aliphatic carbocycles. The molecule has 1 spiro atoms. The van der Waals surface area contributed by atoms with E-state index in [-0.39, 0.29) is 60.3 Å². The number of aliphatic carboxylic acids is 1. The van der Waals surface area contributed by atoms with E-state index in [1.807, 2.05) is 47.0 Å². The zero-order chi connectivity index (χ0) is 44.0. The van der Waals surface area contributed by atoms with Crippen LogP contribution in [0.15, 0.2) is 26.9 Å². The van der Waals surface area contributed by atoms with E-state index in [1.54, 1.807) is 6.92 Å². The smallest absolute Gasteiger partial charge is 0.333 e. The zero-order valence-electron chi connectivity index (χ0n) is 35.7. The Hall–Kier alpha value is -3.19. The van der Waals surface area contributed by atoms with Gasteiger partial charge in [-0.2, -0.15) is 8.42 Å². The van der Waals surface area contributed by atoms with Crippen LogP contribution < -0.4 is 28.0 Å².